The van der Waals surface area contributed by atoms with Crippen molar-refractivity contribution in [2.45, 2.75) is 51.9 Å². The van der Waals surface area contributed by atoms with Crippen LogP contribution in [0, 0.1) is 0 Å². The number of hydrogen-bond donors (Lipinski definition) is 3. The second-order valence-corrected chi connectivity index (χ2v) is 7.48. The Balaban J connectivity index is 2.46. The molecule has 166 valence electrons. The average Bonchev–Trinajstić information content (AvgIpc) is 2.66. The summed E-state index contributed by atoms with van der Waals surface area (Å²) >= 11 is 0. The van der Waals surface area contributed by atoms with E-state index in [2.05, 4.69) is 0 Å². The topological polar surface area (TPSA) is 97.6 Å². The Morgan fingerprint density at radius 1 is 0.700 bits per heavy atom. The standard InChI is InChI=1S/C23H32O7/c1-14(24)8-17-6-7-19(20(10-17)27-4)30-22-12-18(9-15(2)25)11-21(28-5)23(22)29-13-16(3)26/h6-7,10-12,14-16,24-26H,8-9,13H2,1-5H3. The fraction of sp³-hybridized carbons (Fsp3) is 0.478. The summed E-state index contributed by atoms with van der Waals surface area (Å²) in [5.41, 5.74) is 1.73. The lowest BCUT2D eigenvalue weighted by Crippen LogP contribution is -2.14. The summed E-state index contributed by atoms with van der Waals surface area (Å²) in [4.78, 5) is 0. The third-order valence-corrected chi connectivity index (χ3v) is 4.28. The van der Waals surface area contributed by atoms with Crippen LogP contribution in [0.2, 0.25) is 0 Å². The van der Waals surface area contributed by atoms with Gasteiger partial charge < -0.3 is 34.3 Å². The van der Waals surface area contributed by atoms with Crippen LogP contribution in [0.25, 0.3) is 0 Å². The molecular weight excluding hydrogens is 388 g/mol. The van der Waals surface area contributed by atoms with Crippen molar-refractivity contribution in [1.82, 2.24) is 0 Å². The zero-order valence-corrected chi connectivity index (χ0v) is 18.2. The minimum absolute atomic E-state index is 0.0624. The Kier molecular flexibility index (Phi) is 8.77. The molecule has 2 aromatic rings. The molecule has 7 nitrogen and oxygen atoms in total. The third kappa shape index (κ3) is 6.79. The van der Waals surface area contributed by atoms with Crippen LogP contribution in [-0.4, -0.2) is 54.5 Å². The maximum Gasteiger partial charge on any atom is 0.204 e. The monoisotopic (exact) mass is 420 g/mol. The first-order valence-corrected chi connectivity index (χ1v) is 9.96. The predicted octanol–water partition coefficient (Wildman–Crippen LogP) is 3.10. The van der Waals surface area contributed by atoms with Crippen molar-refractivity contribution < 1.29 is 34.3 Å². The molecule has 0 aromatic heterocycles. The van der Waals surface area contributed by atoms with Gasteiger partial charge in [0.25, 0.3) is 0 Å². The predicted molar refractivity (Wildman–Crippen MR) is 114 cm³/mol. The van der Waals surface area contributed by atoms with Crippen LogP contribution in [0.1, 0.15) is 31.9 Å². The van der Waals surface area contributed by atoms with Gasteiger partial charge in [-0.3, -0.25) is 0 Å². The maximum absolute atomic E-state index is 9.79. The lowest BCUT2D eigenvalue weighted by atomic mass is 10.1. The number of methoxy groups -OCH3 is 2. The fourth-order valence-corrected chi connectivity index (χ4v) is 3.05. The highest BCUT2D eigenvalue weighted by molar-refractivity contribution is 5.56. The Labute approximate surface area is 177 Å². The van der Waals surface area contributed by atoms with E-state index in [9.17, 15) is 15.3 Å². The number of aliphatic hydroxyl groups excluding tert-OH is 3. The van der Waals surface area contributed by atoms with Gasteiger partial charge in [-0.15, -0.1) is 0 Å². The van der Waals surface area contributed by atoms with E-state index >= 15 is 0 Å². The molecular formula is C23H32O7. The average molecular weight is 421 g/mol. The summed E-state index contributed by atoms with van der Waals surface area (Å²) < 4.78 is 22.8. The van der Waals surface area contributed by atoms with Crippen molar-refractivity contribution in [3.05, 3.63) is 41.5 Å². The van der Waals surface area contributed by atoms with Gasteiger partial charge in [0.15, 0.2) is 23.0 Å². The minimum atomic E-state index is -0.672. The van der Waals surface area contributed by atoms with Crippen LogP contribution in [0.5, 0.6) is 28.7 Å². The van der Waals surface area contributed by atoms with Gasteiger partial charge in [-0.1, -0.05) is 6.07 Å². The van der Waals surface area contributed by atoms with Crippen LogP contribution in [0.3, 0.4) is 0 Å². The molecule has 0 saturated heterocycles. The summed E-state index contributed by atoms with van der Waals surface area (Å²) in [6.45, 7) is 5.11. The molecule has 0 spiro atoms. The van der Waals surface area contributed by atoms with Crippen LogP contribution < -0.4 is 18.9 Å². The largest absolute Gasteiger partial charge is 0.493 e. The number of ether oxygens (including phenoxy) is 4. The van der Waals surface area contributed by atoms with Crippen molar-refractivity contribution in [2.75, 3.05) is 20.8 Å². The smallest absolute Gasteiger partial charge is 0.204 e. The molecule has 30 heavy (non-hydrogen) atoms. The van der Waals surface area contributed by atoms with Crippen molar-refractivity contribution >= 4 is 0 Å². The Hall–Kier alpha value is -2.48. The molecule has 0 heterocycles. The molecule has 0 aliphatic rings. The highest BCUT2D eigenvalue weighted by Gasteiger charge is 2.19. The van der Waals surface area contributed by atoms with E-state index in [1.807, 2.05) is 12.1 Å². The van der Waals surface area contributed by atoms with Gasteiger partial charge in [0.05, 0.1) is 32.5 Å². The molecule has 3 N–H and O–H groups in total. The number of aliphatic hydroxyl groups is 3. The Morgan fingerprint density at radius 3 is 1.83 bits per heavy atom. The van der Waals surface area contributed by atoms with E-state index in [0.29, 0.717) is 41.6 Å². The van der Waals surface area contributed by atoms with Crippen molar-refractivity contribution in [2.24, 2.45) is 0 Å². The van der Waals surface area contributed by atoms with Gasteiger partial charge in [-0.05, 0) is 69.0 Å². The Bertz CT molecular complexity index is 815. The highest BCUT2D eigenvalue weighted by atomic mass is 16.6. The summed E-state index contributed by atoms with van der Waals surface area (Å²) in [6.07, 6.45) is -0.774. The van der Waals surface area contributed by atoms with E-state index in [0.717, 1.165) is 11.1 Å². The molecule has 3 atom stereocenters. The molecule has 0 saturated carbocycles. The third-order valence-electron chi connectivity index (χ3n) is 4.28. The molecule has 2 rings (SSSR count). The Morgan fingerprint density at radius 2 is 1.27 bits per heavy atom. The normalized spacial score (nSPS) is 14.0. The molecule has 0 amide bonds. The molecule has 0 fully saturated rings. The van der Waals surface area contributed by atoms with E-state index in [-0.39, 0.29) is 6.61 Å². The second-order valence-electron chi connectivity index (χ2n) is 7.48. The summed E-state index contributed by atoms with van der Waals surface area (Å²) in [6, 6.07) is 8.99. The van der Waals surface area contributed by atoms with Crippen LogP contribution in [-0.2, 0) is 12.8 Å². The number of rotatable bonds is 11. The molecule has 0 bridgehead atoms. The summed E-state index contributed by atoms with van der Waals surface area (Å²) in [7, 11) is 3.07. The fourth-order valence-electron chi connectivity index (χ4n) is 3.05. The molecule has 3 unspecified atom stereocenters. The van der Waals surface area contributed by atoms with Crippen LogP contribution in [0.15, 0.2) is 30.3 Å². The lowest BCUT2D eigenvalue weighted by molar-refractivity contribution is 0.119. The number of benzene rings is 2. The first-order chi connectivity index (χ1) is 14.2. The zero-order chi connectivity index (χ0) is 22.3. The van der Waals surface area contributed by atoms with Gasteiger partial charge in [-0.2, -0.15) is 0 Å². The quantitative estimate of drug-likeness (QED) is 0.514. The lowest BCUT2D eigenvalue weighted by Gasteiger charge is -2.19. The first-order valence-electron chi connectivity index (χ1n) is 9.96. The molecule has 7 heteroatoms. The van der Waals surface area contributed by atoms with E-state index < -0.39 is 18.3 Å². The summed E-state index contributed by atoms with van der Waals surface area (Å²) in [5.74, 6) is 2.14. The van der Waals surface area contributed by atoms with Crippen molar-refractivity contribution in [1.29, 1.82) is 0 Å². The molecule has 0 aliphatic carbocycles. The van der Waals surface area contributed by atoms with E-state index in [1.165, 1.54) is 7.11 Å². The van der Waals surface area contributed by atoms with Crippen molar-refractivity contribution in [3.63, 3.8) is 0 Å². The van der Waals surface area contributed by atoms with Gasteiger partial charge in [0.1, 0.15) is 6.61 Å². The van der Waals surface area contributed by atoms with Crippen molar-refractivity contribution in [3.8, 4) is 28.7 Å². The van der Waals surface area contributed by atoms with E-state index in [4.69, 9.17) is 18.9 Å². The van der Waals surface area contributed by atoms with Gasteiger partial charge in [0, 0.05) is 0 Å². The van der Waals surface area contributed by atoms with Gasteiger partial charge in [-0.25, -0.2) is 0 Å². The summed E-state index contributed by atoms with van der Waals surface area (Å²) in [5, 5.41) is 29.1. The molecule has 0 radical (unpaired) electrons. The second kappa shape index (κ2) is 11.1. The highest BCUT2D eigenvalue weighted by Crippen LogP contribution is 2.43. The zero-order valence-electron chi connectivity index (χ0n) is 18.2. The minimum Gasteiger partial charge on any atom is -0.493 e. The molecule has 0 aliphatic heterocycles. The van der Waals surface area contributed by atoms with Gasteiger partial charge >= 0.3 is 0 Å². The molecule has 2 aromatic carbocycles. The van der Waals surface area contributed by atoms with Crippen LogP contribution in [0.4, 0.5) is 0 Å². The SMILES string of the molecule is COc1cc(CC(C)O)ccc1Oc1cc(CC(C)O)cc(OC)c1OCC(C)O. The number of hydrogen-bond acceptors (Lipinski definition) is 7. The first kappa shape index (κ1) is 23.8. The maximum atomic E-state index is 9.79. The van der Waals surface area contributed by atoms with Crippen LogP contribution >= 0.6 is 0 Å². The van der Waals surface area contributed by atoms with Gasteiger partial charge in [0.2, 0.25) is 5.75 Å². The van der Waals surface area contributed by atoms with E-state index in [1.54, 1.807) is 46.1 Å².